The average molecular weight is 277 g/mol. The van der Waals surface area contributed by atoms with Crippen molar-refractivity contribution in [1.82, 2.24) is 4.90 Å². The molecule has 2 aliphatic rings. The van der Waals surface area contributed by atoms with Crippen molar-refractivity contribution < 1.29 is 8.42 Å². The maximum absolute atomic E-state index is 11.2. The molecule has 0 radical (unpaired) electrons. The van der Waals surface area contributed by atoms with Crippen molar-refractivity contribution >= 4 is 21.6 Å². The smallest absolute Gasteiger partial charge is 0.148 e. The number of sulfone groups is 1. The molecule has 3 nitrogen and oxygen atoms in total. The van der Waals surface area contributed by atoms with Crippen LogP contribution in [-0.2, 0) is 9.84 Å². The molecular weight excluding hydrogens is 254 g/mol. The molecule has 0 aromatic carbocycles. The fourth-order valence-electron chi connectivity index (χ4n) is 2.91. The molecule has 100 valence electrons. The largest absolute Gasteiger partial charge is 0.300 e. The fourth-order valence-corrected chi connectivity index (χ4v) is 5.13. The van der Waals surface area contributed by atoms with Gasteiger partial charge in [0.1, 0.15) is 9.84 Å². The molecule has 1 aliphatic carbocycles. The lowest BCUT2D eigenvalue weighted by molar-refractivity contribution is 0.229. The Hall–Kier alpha value is 0.260. The monoisotopic (exact) mass is 277 g/mol. The minimum Gasteiger partial charge on any atom is -0.300 e. The van der Waals surface area contributed by atoms with Crippen molar-refractivity contribution in [2.45, 2.75) is 36.9 Å². The molecule has 0 N–H and O–H groups in total. The first-order valence-corrected chi connectivity index (χ1v) is 9.58. The molecule has 1 spiro atoms. The van der Waals surface area contributed by atoms with Gasteiger partial charge in [-0.1, -0.05) is 19.3 Å². The lowest BCUT2D eigenvalue weighted by atomic mass is 9.87. The van der Waals surface area contributed by atoms with Crippen LogP contribution in [0.15, 0.2) is 0 Å². The van der Waals surface area contributed by atoms with Crippen molar-refractivity contribution in [1.29, 1.82) is 0 Å². The lowest BCUT2D eigenvalue weighted by Gasteiger charge is -2.44. The van der Waals surface area contributed by atoms with Gasteiger partial charge in [0.25, 0.3) is 0 Å². The van der Waals surface area contributed by atoms with Crippen molar-refractivity contribution in [3.63, 3.8) is 0 Å². The molecule has 17 heavy (non-hydrogen) atoms. The molecule has 5 heteroatoms. The van der Waals surface area contributed by atoms with Gasteiger partial charge in [-0.15, -0.1) is 0 Å². The van der Waals surface area contributed by atoms with Crippen molar-refractivity contribution in [3.8, 4) is 0 Å². The van der Waals surface area contributed by atoms with E-state index >= 15 is 0 Å². The molecule has 0 aromatic heterocycles. The molecule has 1 saturated heterocycles. The fraction of sp³-hybridized carbons (Fsp3) is 1.00. The second kappa shape index (κ2) is 5.49. The summed E-state index contributed by atoms with van der Waals surface area (Å²) >= 11 is 2.13. The Morgan fingerprint density at radius 1 is 1.24 bits per heavy atom. The molecule has 0 atom stereocenters. The molecule has 1 heterocycles. The molecule has 1 saturated carbocycles. The topological polar surface area (TPSA) is 37.4 Å². The summed E-state index contributed by atoms with van der Waals surface area (Å²) in [7, 11) is -2.81. The first kappa shape index (κ1) is 13.7. The van der Waals surface area contributed by atoms with Gasteiger partial charge in [-0.3, -0.25) is 0 Å². The maximum Gasteiger partial charge on any atom is 0.148 e. The molecule has 0 aromatic rings. The molecule has 0 unspecified atom stereocenters. The summed E-state index contributed by atoms with van der Waals surface area (Å²) < 4.78 is 22.9. The molecule has 1 aliphatic heterocycles. The summed E-state index contributed by atoms with van der Waals surface area (Å²) in [5.74, 6) is 1.48. The van der Waals surface area contributed by atoms with Crippen LogP contribution in [0.1, 0.15) is 32.1 Å². The van der Waals surface area contributed by atoms with E-state index in [1.54, 1.807) is 0 Å². The van der Waals surface area contributed by atoms with Crippen LogP contribution in [-0.4, -0.2) is 55.5 Å². The summed E-state index contributed by atoms with van der Waals surface area (Å²) in [6, 6.07) is 0. The van der Waals surface area contributed by atoms with Gasteiger partial charge in [-0.25, -0.2) is 8.42 Å². The van der Waals surface area contributed by atoms with Gasteiger partial charge in [-0.05, 0) is 12.8 Å². The average Bonchev–Trinajstić information content (AvgIpc) is 2.27. The van der Waals surface area contributed by atoms with E-state index in [1.807, 2.05) is 0 Å². The third-order valence-corrected chi connectivity index (χ3v) is 6.33. The van der Waals surface area contributed by atoms with Crippen molar-refractivity contribution in [2.24, 2.45) is 0 Å². The highest BCUT2D eigenvalue weighted by Crippen LogP contribution is 2.42. The van der Waals surface area contributed by atoms with E-state index in [2.05, 4.69) is 16.7 Å². The maximum atomic E-state index is 11.2. The third kappa shape index (κ3) is 4.14. The standard InChI is InChI=1S/C12H23NO2S2/c1-17(14,15)10-8-13-7-9-16-12(11-13)5-3-2-4-6-12/h2-11H2,1H3. The van der Waals surface area contributed by atoms with E-state index < -0.39 is 9.84 Å². The molecule has 0 bridgehead atoms. The Kier molecular flexibility index (Phi) is 4.42. The molecule has 0 amide bonds. The van der Waals surface area contributed by atoms with Gasteiger partial charge in [0.05, 0.1) is 5.75 Å². The third-order valence-electron chi connectivity index (χ3n) is 3.87. The van der Waals surface area contributed by atoms with Crippen LogP contribution in [0.3, 0.4) is 0 Å². The first-order valence-electron chi connectivity index (χ1n) is 6.53. The lowest BCUT2D eigenvalue weighted by Crippen LogP contribution is -2.48. The van der Waals surface area contributed by atoms with Crippen LogP contribution in [0.5, 0.6) is 0 Å². The number of rotatable bonds is 3. The van der Waals surface area contributed by atoms with Crippen molar-refractivity contribution in [2.75, 3.05) is 37.4 Å². The van der Waals surface area contributed by atoms with Gasteiger partial charge in [0.2, 0.25) is 0 Å². The zero-order valence-corrected chi connectivity index (χ0v) is 12.3. The zero-order valence-electron chi connectivity index (χ0n) is 10.7. The van der Waals surface area contributed by atoms with Crippen LogP contribution in [0, 0.1) is 0 Å². The highest BCUT2D eigenvalue weighted by molar-refractivity contribution is 8.00. The van der Waals surface area contributed by atoms with Gasteiger partial charge in [0, 0.05) is 36.4 Å². The van der Waals surface area contributed by atoms with Crippen molar-refractivity contribution in [3.05, 3.63) is 0 Å². The summed E-state index contributed by atoms with van der Waals surface area (Å²) in [5.41, 5.74) is 0. The number of hydrogen-bond acceptors (Lipinski definition) is 4. The molecule has 2 rings (SSSR count). The number of hydrogen-bond donors (Lipinski definition) is 0. The van der Waals surface area contributed by atoms with Crippen LogP contribution < -0.4 is 0 Å². The van der Waals surface area contributed by atoms with Gasteiger partial charge in [0.15, 0.2) is 0 Å². The Morgan fingerprint density at radius 2 is 1.94 bits per heavy atom. The predicted octanol–water partition coefficient (Wildman–Crippen LogP) is 1.78. The van der Waals surface area contributed by atoms with E-state index in [-0.39, 0.29) is 0 Å². The van der Waals surface area contributed by atoms with Gasteiger partial charge < -0.3 is 4.90 Å². The zero-order chi connectivity index (χ0) is 12.4. The Bertz CT molecular complexity index is 342. The second-order valence-corrected chi connectivity index (χ2v) is 9.32. The van der Waals surface area contributed by atoms with Crippen LogP contribution >= 0.6 is 11.8 Å². The van der Waals surface area contributed by atoms with Crippen LogP contribution in [0.4, 0.5) is 0 Å². The Balaban J connectivity index is 1.88. The first-order chi connectivity index (χ1) is 7.99. The van der Waals surface area contributed by atoms with E-state index in [0.29, 0.717) is 10.5 Å². The van der Waals surface area contributed by atoms with E-state index in [9.17, 15) is 8.42 Å². The molecule has 2 fully saturated rings. The minimum atomic E-state index is -2.81. The second-order valence-electron chi connectivity index (χ2n) is 5.50. The van der Waals surface area contributed by atoms with Gasteiger partial charge in [-0.2, -0.15) is 11.8 Å². The highest BCUT2D eigenvalue weighted by atomic mass is 32.2. The summed E-state index contributed by atoms with van der Waals surface area (Å²) in [4.78, 5) is 2.36. The number of thioether (sulfide) groups is 1. The highest BCUT2D eigenvalue weighted by Gasteiger charge is 2.37. The van der Waals surface area contributed by atoms with E-state index in [4.69, 9.17) is 0 Å². The van der Waals surface area contributed by atoms with E-state index in [0.717, 1.165) is 19.6 Å². The van der Waals surface area contributed by atoms with Crippen LogP contribution in [0.2, 0.25) is 0 Å². The van der Waals surface area contributed by atoms with Crippen LogP contribution in [0.25, 0.3) is 0 Å². The molecular formula is C12H23NO2S2. The predicted molar refractivity (Wildman–Crippen MR) is 74.4 cm³/mol. The summed E-state index contributed by atoms with van der Waals surface area (Å²) in [6.45, 7) is 2.89. The summed E-state index contributed by atoms with van der Waals surface area (Å²) in [5, 5.41) is 0. The Morgan fingerprint density at radius 3 is 2.59 bits per heavy atom. The van der Waals surface area contributed by atoms with E-state index in [1.165, 1.54) is 44.1 Å². The van der Waals surface area contributed by atoms with Gasteiger partial charge >= 0.3 is 0 Å². The number of nitrogens with zero attached hydrogens (tertiary/aromatic N) is 1. The quantitative estimate of drug-likeness (QED) is 0.788. The minimum absolute atomic E-state index is 0.313. The SMILES string of the molecule is CS(=O)(=O)CCN1CCSC2(CCCCC2)C1. The summed E-state index contributed by atoms with van der Waals surface area (Å²) in [6.07, 6.45) is 8.08. The normalized spacial score (nSPS) is 26.2. The Labute approximate surface area is 109 Å².